The van der Waals surface area contributed by atoms with E-state index in [0.717, 1.165) is 17.9 Å². The Morgan fingerprint density at radius 1 is 1.21 bits per heavy atom. The summed E-state index contributed by atoms with van der Waals surface area (Å²) in [6.45, 7) is 7.47. The lowest BCUT2D eigenvalue weighted by atomic mass is 10.1. The van der Waals surface area contributed by atoms with Crippen LogP contribution < -0.4 is 5.32 Å². The molecule has 0 aliphatic rings. The number of rotatable bonds is 7. The van der Waals surface area contributed by atoms with E-state index in [1.54, 1.807) is 0 Å². The number of fused-ring (bicyclic) bond motifs is 1. The van der Waals surface area contributed by atoms with E-state index in [0.29, 0.717) is 6.04 Å². The Morgan fingerprint density at radius 2 is 2.00 bits per heavy atom. The van der Waals surface area contributed by atoms with Crippen LogP contribution in [0, 0.1) is 6.92 Å². The third-order valence-electron chi connectivity index (χ3n) is 3.77. The minimum absolute atomic E-state index is 0.569. The molecule has 2 nitrogen and oxygen atoms in total. The Hall–Kier alpha value is -1.28. The number of nitrogens with one attached hydrogen (secondary N) is 1. The minimum Gasteiger partial charge on any atom is -0.461 e. The van der Waals surface area contributed by atoms with Gasteiger partial charge in [0, 0.05) is 23.5 Å². The van der Waals surface area contributed by atoms with Gasteiger partial charge in [-0.2, -0.15) is 0 Å². The summed E-state index contributed by atoms with van der Waals surface area (Å²) in [5.74, 6) is 1.04. The maximum atomic E-state index is 5.79. The van der Waals surface area contributed by atoms with Crippen LogP contribution in [0.15, 0.2) is 28.7 Å². The van der Waals surface area contributed by atoms with Gasteiger partial charge in [0.05, 0.1) is 0 Å². The Bertz CT molecular complexity index is 515. The molecule has 1 heterocycles. The molecule has 0 saturated heterocycles. The van der Waals surface area contributed by atoms with E-state index in [1.165, 1.54) is 36.6 Å². The lowest BCUT2D eigenvalue weighted by Crippen LogP contribution is -2.25. The highest BCUT2D eigenvalue weighted by Gasteiger charge is 2.11. The van der Waals surface area contributed by atoms with E-state index in [9.17, 15) is 0 Å². The van der Waals surface area contributed by atoms with E-state index in [4.69, 9.17) is 4.42 Å². The summed E-state index contributed by atoms with van der Waals surface area (Å²) >= 11 is 0. The van der Waals surface area contributed by atoms with Crippen molar-refractivity contribution in [2.24, 2.45) is 0 Å². The molecule has 1 N–H and O–H groups in total. The maximum Gasteiger partial charge on any atom is 0.134 e. The molecule has 1 unspecified atom stereocenters. The van der Waals surface area contributed by atoms with Crippen LogP contribution in [0.3, 0.4) is 0 Å². The van der Waals surface area contributed by atoms with E-state index in [-0.39, 0.29) is 0 Å². The van der Waals surface area contributed by atoms with E-state index in [2.05, 4.69) is 38.2 Å². The molecule has 1 aromatic carbocycles. The molecule has 2 aromatic rings. The number of hydrogen-bond acceptors (Lipinski definition) is 2. The highest BCUT2D eigenvalue weighted by atomic mass is 16.3. The van der Waals surface area contributed by atoms with Crippen molar-refractivity contribution in [3.05, 3.63) is 35.6 Å². The van der Waals surface area contributed by atoms with E-state index >= 15 is 0 Å². The molecule has 0 saturated carbocycles. The van der Waals surface area contributed by atoms with Gasteiger partial charge in [-0.05, 0) is 26.3 Å². The molecule has 0 radical (unpaired) electrons. The lowest BCUT2D eigenvalue weighted by molar-refractivity contribution is 0.482. The molecule has 0 fully saturated rings. The average Bonchev–Trinajstić information content (AvgIpc) is 2.72. The maximum absolute atomic E-state index is 5.79. The Morgan fingerprint density at radius 3 is 2.79 bits per heavy atom. The Kier molecular flexibility index (Phi) is 5.03. The number of benzene rings is 1. The third-order valence-corrected chi connectivity index (χ3v) is 3.77. The number of furan rings is 1. The average molecular weight is 259 g/mol. The molecular formula is C17H25NO. The first kappa shape index (κ1) is 14.1. The topological polar surface area (TPSA) is 25.2 Å². The molecular weight excluding hydrogens is 234 g/mol. The summed E-state index contributed by atoms with van der Waals surface area (Å²) in [5.41, 5.74) is 2.30. The third kappa shape index (κ3) is 3.60. The van der Waals surface area contributed by atoms with Crippen LogP contribution in [-0.4, -0.2) is 6.04 Å². The normalized spacial score (nSPS) is 13.0. The molecule has 0 spiro atoms. The zero-order valence-corrected chi connectivity index (χ0v) is 12.3. The smallest absolute Gasteiger partial charge is 0.134 e. The van der Waals surface area contributed by atoms with E-state index < -0.39 is 0 Å². The Balaban J connectivity index is 1.96. The second kappa shape index (κ2) is 6.76. The predicted molar refractivity (Wildman–Crippen MR) is 81.4 cm³/mol. The van der Waals surface area contributed by atoms with Crippen molar-refractivity contribution in [2.75, 3.05) is 0 Å². The zero-order valence-electron chi connectivity index (χ0n) is 12.3. The summed E-state index contributed by atoms with van der Waals surface area (Å²) in [6.07, 6.45) is 5.19. The standard InChI is InChI=1S/C17H25NO/c1-4-5-6-9-13(2)18-12-16-14(3)19-17-11-8-7-10-15(16)17/h7-8,10-11,13,18H,4-6,9,12H2,1-3H3. The quantitative estimate of drug-likeness (QED) is 0.722. The Labute approximate surface area is 116 Å². The van der Waals surface area contributed by atoms with Gasteiger partial charge in [0.2, 0.25) is 0 Å². The molecule has 1 aromatic heterocycles. The van der Waals surface area contributed by atoms with Gasteiger partial charge in [-0.15, -0.1) is 0 Å². The van der Waals surface area contributed by atoms with Crippen molar-refractivity contribution >= 4 is 11.0 Å². The van der Waals surface area contributed by atoms with Crippen LogP contribution in [0.2, 0.25) is 0 Å². The highest BCUT2D eigenvalue weighted by Crippen LogP contribution is 2.25. The molecule has 0 bridgehead atoms. The van der Waals surface area contributed by atoms with Crippen LogP contribution in [0.1, 0.15) is 50.9 Å². The number of hydrogen-bond donors (Lipinski definition) is 1. The van der Waals surface area contributed by atoms with Gasteiger partial charge in [-0.3, -0.25) is 0 Å². The zero-order chi connectivity index (χ0) is 13.7. The van der Waals surface area contributed by atoms with Crippen LogP contribution in [0.4, 0.5) is 0 Å². The summed E-state index contributed by atoms with van der Waals surface area (Å²) in [4.78, 5) is 0. The number of unbranched alkanes of at least 4 members (excludes halogenated alkanes) is 2. The van der Waals surface area contributed by atoms with Crippen molar-refractivity contribution in [2.45, 2.75) is 59.0 Å². The van der Waals surface area contributed by atoms with Gasteiger partial charge in [0.15, 0.2) is 0 Å². The van der Waals surface area contributed by atoms with Crippen molar-refractivity contribution in [3.63, 3.8) is 0 Å². The van der Waals surface area contributed by atoms with Crippen molar-refractivity contribution in [1.82, 2.24) is 5.32 Å². The summed E-state index contributed by atoms with van der Waals surface area (Å²) in [5, 5.41) is 4.86. The fourth-order valence-corrected chi connectivity index (χ4v) is 2.52. The van der Waals surface area contributed by atoms with Crippen molar-refractivity contribution < 1.29 is 4.42 Å². The molecule has 0 aliphatic heterocycles. The van der Waals surface area contributed by atoms with Crippen LogP contribution in [0.5, 0.6) is 0 Å². The van der Waals surface area contributed by atoms with Gasteiger partial charge in [-0.25, -0.2) is 0 Å². The van der Waals surface area contributed by atoms with Gasteiger partial charge in [0.1, 0.15) is 11.3 Å². The number of para-hydroxylation sites is 1. The summed E-state index contributed by atoms with van der Waals surface area (Å²) < 4.78 is 5.79. The molecule has 19 heavy (non-hydrogen) atoms. The molecule has 0 amide bonds. The van der Waals surface area contributed by atoms with E-state index in [1.807, 2.05) is 12.1 Å². The van der Waals surface area contributed by atoms with Gasteiger partial charge < -0.3 is 9.73 Å². The summed E-state index contributed by atoms with van der Waals surface area (Å²) in [6, 6.07) is 8.85. The number of aryl methyl sites for hydroxylation is 1. The highest BCUT2D eigenvalue weighted by molar-refractivity contribution is 5.82. The minimum atomic E-state index is 0.569. The molecule has 2 rings (SSSR count). The largest absolute Gasteiger partial charge is 0.461 e. The molecule has 2 heteroatoms. The monoisotopic (exact) mass is 259 g/mol. The summed E-state index contributed by atoms with van der Waals surface area (Å²) in [7, 11) is 0. The van der Waals surface area contributed by atoms with Crippen molar-refractivity contribution in [1.29, 1.82) is 0 Å². The fraction of sp³-hybridized carbons (Fsp3) is 0.529. The lowest BCUT2D eigenvalue weighted by Gasteiger charge is -2.13. The van der Waals surface area contributed by atoms with Crippen molar-refractivity contribution in [3.8, 4) is 0 Å². The van der Waals surface area contributed by atoms with Gasteiger partial charge in [-0.1, -0.05) is 44.4 Å². The van der Waals surface area contributed by atoms with Crippen LogP contribution in [-0.2, 0) is 6.54 Å². The predicted octanol–water partition coefficient (Wildman–Crippen LogP) is 4.80. The second-order valence-corrected chi connectivity index (χ2v) is 5.41. The van der Waals surface area contributed by atoms with Crippen LogP contribution >= 0.6 is 0 Å². The second-order valence-electron chi connectivity index (χ2n) is 5.41. The van der Waals surface area contributed by atoms with Crippen LogP contribution in [0.25, 0.3) is 11.0 Å². The first-order chi connectivity index (χ1) is 9.22. The molecule has 1 atom stereocenters. The fourth-order valence-electron chi connectivity index (χ4n) is 2.52. The van der Waals surface area contributed by atoms with Gasteiger partial charge >= 0.3 is 0 Å². The first-order valence-electron chi connectivity index (χ1n) is 7.42. The SMILES string of the molecule is CCCCCC(C)NCc1c(C)oc2ccccc12. The first-order valence-corrected chi connectivity index (χ1v) is 7.42. The molecule has 104 valence electrons. The molecule has 0 aliphatic carbocycles. The van der Waals surface area contributed by atoms with Gasteiger partial charge in [0.25, 0.3) is 0 Å².